The number of fused-ring (bicyclic) bond motifs is 2. The fourth-order valence-corrected chi connectivity index (χ4v) is 3.92. The quantitative estimate of drug-likeness (QED) is 0.534. The van der Waals surface area contributed by atoms with Crippen LogP contribution >= 0.6 is 11.8 Å². The number of aromatic nitrogens is 2. The van der Waals surface area contributed by atoms with Gasteiger partial charge < -0.3 is 5.32 Å². The summed E-state index contributed by atoms with van der Waals surface area (Å²) in [5.41, 5.74) is 2.16. The molecule has 0 spiro atoms. The van der Waals surface area contributed by atoms with Crippen LogP contribution in [-0.2, 0) is 4.79 Å². The van der Waals surface area contributed by atoms with Gasteiger partial charge >= 0.3 is 0 Å². The zero-order chi connectivity index (χ0) is 17.9. The van der Waals surface area contributed by atoms with Crippen LogP contribution in [0.5, 0.6) is 0 Å². The highest BCUT2D eigenvalue weighted by atomic mass is 32.2. The maximum Gasteiger partial charge on any atom is 0.230 e. The first kappa shape index (κ1) is 16.7. The summed E-state index contributed by atoms with van der Waals surface area (Å²) in [4.78, 5) is 16.8. The molecule has 1 N–H and O–H groups in total. The van der Waals surface area contributed by atoms with Gasteiger partial charge in [0.15, 0.2) is 5.16 Å². The van der Waals surface area contributed by atoms with E-state index in [1.54, 1.807) is 0 Å². The molecule has 4 nitrogen and oxygen atoms in total. The average Bonchev–Trinajstić information content (AvgIpc) is 3.09. The van der Waals surface area contributed by atoms with Gasteiger partial charge in [0.05, 0.1) is 23.5 Å². The van der Waals surface area contributed by atoms with Crippen molar-refractivity contribution >= 4 is 34.0 Å². The van der Waals surface area contributed by atoms with Crippen molar-refractivity contribution < 1.29 is 4.79 Å². The minimum Gasteiger partial charge on any atom is -0.349 e. The summed E-state index contributed by atoms with van der Waals surface area (Å²) in [6, 6.07) is 20.3. The van der Waals surface area contributed by atoms with E-state index < -0.39 is 0 Å². The molecule has 0 aliphatic rings. The Morgan fingerprint density at radius 2 is 1.92 bits per heavy atom. The molecular weight excluding hydrogens is 342 g/mol. The number of amides is 1. The normalized spacial score (nSPS) is 12.3. The zero-order valence-corrected chi connectivity index (χ0v) is 15.2. The first-order valence-corrected chi connectivity index (χ1v) is 9.53. The van der Waals surface area contributed by atoms with E-state index in [1.807, 2.05) is 60.1 Å². The van der Waals surface area contributed by atoms with E-state index in [0.717, 1.165) is 16.2 Å². The smallest absolute Gasteiger partial charge is 0.230 e. The summed E-state index contributed by atoms with van der Waals surface area (Å²) < 4.78 is 1.99. The highest BCUT2D eigenvalue weighted by Crippen LogP contribution is 2.24. The number of nitrogens with zero attached hydrogens (tertiary/aromatic N) is 2. The molecule has 1 amide bonds. The van der Waals surface area contributed by atoms with Gasteiger partial charge in [-0.2, -0.15) is 0 Å². The number of pyridine rings is 1. The van der Waals surface area contributed by atoms with Gasteiger partial charge in [-0.3, -0.25) is 9.20 Å². The van der Waals surface area contributed by atoms with E-state index in [0.29, 0.717) is 5.75 Å². The molecule has 1 unspecified atom stereocenters. The standard InChI is InChI=1S/C21H19N3OS/c1-15(18-11-6-8-16-7-2-3-10-19(16)18)23-20(25)14-26-21-22-13-17-9-4-5-12-24(17)21/h2-13,15H,14H2,1H3,(H,23,25). The molecule has 0 saturated carbocycles. The van der Waals surface area contributed by atoms with Crippen LogP contribution in [0, 0.1) is 0 Å². The number of nitrogens with one attached hydrogen (secondary N) is 1. The van der Waals surface area contributed by atoms with Crippen molar-refractivity contribution in [2.75, 3.05) is 5.75 Å². The maximum atomic E-state index is 12.4. The molecule has 0 radical (unpaired) electrons. The van der Waals surface area contributed by atoms with Crippen LogP contribution in [0.25, 0.3) is 16.3 Å². The number of carbonyl (C=O) groups is 1. The average molecular weight is 361 g/mol. The second kappa shape index (κ2) is 7.22. The number of imidazole rings is 1. The Kier molecular flexibility index (Phi) is 4.63. The monoisotopic (exact) mass is 361 g/mol. The molecular formula is C21H19N3OS. The molecule has 0 fully saturated rings. The van der Waals surface area contributed by atoms with Crippen LogP contribution < -0.4 is 5.32 Å². The van der Waals surface area contributed by atoms with Gasteiger partial charge in [-0.15, -0.1) is 0 Å². The molecule has 130 valence electrons. The summed E-state index contributed by atoms with van der Waals surface area (Å²) in [5, 5.41) is 6.29. The van der Waals surface area contributed by atoms with Crippen LogP contribution in [0.4, 0.5) is 0 Å². The first-order chi connectivity index (χ1) is 12.7. The summed E-state index contributed by atoms with van der Waals surface area (Å²) >= 11 is 1.45. The molecule has 0 bridgehead atoms. The van der Waals surface area contributed by atoms with E-state index in [9.17, 15) is 4.79 Å². The minimum atomic E-state index is -0.0498. The number of hydrogen-bond donors (Lipinski definition) is 1. The van der Waals surface area contributed by atoms with Gasteiger partial charge in [0.2, 0.25) is 5.91 Å². The fourth-order valence-electron chi connectivity index (χ4n) is 3.15. The lowest BCUT2D eigenvalue weighted by molar-refractivity contribution is -0.119. The Bertz CT molecular complexity index is 1070. The van der Waals surface area contributed by atoms with Gasteiger partial charge in [0.25, 0.3) is 0 Å². The Labute approximate surface area is 156 Å². The SMILES string of the molecule is CC(NC(=O)CSc1ncc2ccccn12)c1cccc2ccccc12. The second-order valence-electron chi connectivity index (χ2n) is 6.18. The summed E-state index contributed by atoms with van der Waals surface area (Å²) in [6.45, 7) is 2.02. The zero-order valence-electron chi connectivity index (χ0n) is 14.4. The van der Waals surface area contributed by atoms with E-state index in [-0.39, 0.29) is 11.9 Å². The second-order valence-corrected chi connectivity index (χ2v) is 7.13. The third kappa shape index (κ3) is 3.30. The third-order valence-corrected chi connectivity index (χ3v) is 5.37. The lowest BCUT2D eigenvalue weighted by atomic mass is 10.00. The lowest BCUT2D eigenvalue weighted by Crippen LogP contribution is -2.28. The number of thioether (sulfide) groups is 1. The largest absolute Gasteiger partial charge is 0.349 e. The summed E-state index contributed by atoms with van der Waals surface area (Å²) in [5.74, 6) is 0.339. The van der Waals surface area contributed by atoms with Gasteiger partial charge in [-0.25, -0.2) is 4.98 Å². The summed E-state index contributed by atoms with van der Waals surface area (Å²) in [6.07, 6.45) is 3.78. The number of benzene rings is 2. The lowest BCUT2D eigenvalue weighted by Gasteiger charge is -2.16. The number of carbonyl (C=O) groups excluding carboxylic acids is 1. The first-order valence-electron chi connectivity index (χ1n) is 8.54. The van der Waals surface area contributed by atoms with Crippen molar-refractivity contribution in [3.8, 4) is 0 Å². The number of hydrogen-bond acceptors (Lipinski definition) is 3. The van der Waals surface area contributed by atoms with Crippen molar-refractivity contribution in [1.29, 1.82) is 0 Å². The van der Waals surface area contributed by atoms with Crippen molar-refractivity contribution in [3.05, 3.63) is 78.6 Å². The van der Waals surface area contributed by atoms with Crippen molar-refractivity contribution in [1.82, 2.24) is 14.7 Å². The van der Waals surface area contributed by atoms with Crippen molar-refractivity contribution in [2.45, 2.75) is 18.1 Å². The molecule has 0 aliphatic heterocycles. The highest BCUT2D eigenvalue weighted by Gasteiger charge is 2.13. The Morgan fingerprint density at radius 1 is 1.12 bits per heavy atom. The molecule has 26 heavy (non-hydrogen) atoms. The molecule has 5 heteroatoms. The van der Waals surface area contributed by atoms with Gasteiger partial charge in [0.1, 0.15) is 0 Å². The third-order valence-electron chi connectivity index (χ3n) is 4.40. The van der Waals surface area contributed by atoms with Crippen LogP contribution in [0.2, 0.25) is 0 Å². The topological polar surface area (TPSA) is 46.4 Å². The van der Waals surface area contributed by atoms with Crippen LogP contribution in [0.3, 0.4) is 0 Å². The van der Waals surface area contributed by atoms with Gasteiger partial charge in [0, 0.05) is 6.20 Å². The molecule has 1 atom stereocenters. The van der Waals surface area contributed by atoms with E-state index in [2.05, 4.69) is 34.6 Å². The van der Waals surface area contributed by atoms with Crippen molar-refractivity contribution in [2.24, 2.45) is 0 Å². The molecule has 4 aromatic rings. The Hall–Kier alpha value is -2.79. The highest BCUT2D eigenvalue weighted by molar-refractivity contribution is 7.99. The Morgan fingerprint density at radius 3 is 2.85 bits per heavy atom. The van der Waals surface area contributed by atoms with Crippen LogP contribution in [0.1, 0.15) is 18.5 Å². The molecule has 0 aliphatic carbocycles. The van der Waals surface area contributed by atoms with E-state index >= 15 is 0 Å². The van der Waals surface area contributed by atoms with E-state index in [4.69, 9.17) is 0 Å². The van der Waals surface area contributed by atoms with Crippen LogP contribution in [-0.4, -0.2) is 21.0 Å². The molecule has 2 aromatic carbocycles. The predicted octanol–water partition coefficient (Wildman–Crippen LogP) is 4.46. The van der Waals surface area contributed by atoms with E-state index in [1.165, 1.54) is 22.5 Å². The van der Waals surface area contributed by atoms with Gasteiger partial charge in [-0.05, 0) is 35.4 Å². The summed E-state index contributed by atoms with van der Waals surface area (Å²) in [7, 11) is 0. The Balaban J connectivity index is 1.44. The molecule has 0 saturated heterocycles. The van der Waals surface area contributed by atoms with Gasteiger partial charge in [-0.1, -0.05) is 60.3 Å². The molecule has 2 heterocycles. The van der Waals surface area contributed by atoms with Crippen molar-refractivity contribution in [3.63, 3.8) is 0 Å². The number of rotatable bonds is 5. The molecule has 2 aromatic heterocycles. The maximum absolute atomic E-state index is 12.4. The minimum absolute atomic E-state index is 0.00288. The fraction of sp³-hybridized carbons (Fsp3) is 0.143. The molecule has 4 rings (SSSR count). The van der Waals surface area contributed by atoms with Crippen LogP contribution in [0.15, 0.2) is 78.2 Å². The predicted molar refractivity (Wildman–Crippen MR) is 106 cm³/mol.